The minimum Gasteiger partial charge on any atom is -0.493 e. The van der Waals surface area contributed by atoms with Crippen molar-refractivity contribution in [1.29, 1.82) is 0 Å². The number of carbonyl (C=O) groups is 1. The van der Waals surface area contributed by atoms with Gasteiger partial charge in [0.05, 0.1) is 12.6 Å². The molecule has 2 N–H and O–H groups in total. The predicted octanol–water partition coefficient (Wildman–Crippen LogP) is 2.93. The number of benzene rings is 1. The molecule has 1 aromatic rings. The Kier molecular flexibility index (Phi) is 5.96. The largest absolute Gasteiger partial charge is 0.493 e. The smallest absolute Gasteiger partial charge is 0.315 e. The molecule has 0 saturated carbocycles. The average Bonchev–Trinajstić information content (AvgIpc) is 2.61. The van der Waals surface area contributed by atoms with Crippen LogP contribution in [0.5, 0.6) is 5.75 Å². The molecule has 0 aliphatic carbocycles. The number of rotatable bonds is 5. The normalized spacial score (nSPS) is 22.1. The number of likely N-dealkylation sites (tertiary alicyclic amines) is 1. The summed E-state index contributed by atoms with van der Waals surface area (Å²) >= 11 is 0. The van der Waals surface area contributed by atoms with Gasteiger partial charge in [-0.25, -0.2) is 4.79 Å². The highest BCUT2D eigenvalue weighted by Crippen LogP contribution is 2.31. The van der Waals surface area contributed by atoms with Gasteiger partial charge in [0.15, 0.2) is 0 Å². The van der Waals surface area contributed by atoms with Crippen LogP contribution < -0.4 is 15.4 Å². The number of carbonyl (C=O) groups excluding carboxylic acids is 1. The van der Waals surface area contributed by atoms with E-state index >= 15 is 0 Å². The second-order valence-electron chi connectivity index (χ2n) is 7.05. The van der Waals surface area contributed by atoms with Crippen molar-refractivity contribution in [2.24, 2.45) is 5.92 Å². The molecule has 2 aliphatic rings. The SMILES string of the molecule is C[C@@H](CNC(=O)N[C@H]1CCOc2ccccc21)CN1CCCCC1. The molecule has 2 amide bonds. The first kappa shape index (κ1) is 17.1. The van der Waals surface area contributed by atoms with E-state index in [1.54, 1.807) is 0 Å². The Hall–Kier alpha value is -1.75. The summed E-state index contributed by atoms with van der Waals surface area (Å²) in [6.07, 6.45) is 4.79. The molecule has 24 heavy (non-hydrogen) atoms. The van der Waals surface area contributed by atoms with Crippen molar-refractivity contribution < 1.29 is 9.53 Å². The average molecular weight is 331 g/mol. The number of hydrogen-bond donors (Lipinski definition) is 2. The Morgan fingerprint density at radius 1 is 1.29 bits per heavy atom. The van der Waals surface area contributed by atoms with E-state index < -0.39 is 0 Å². The summed E-state index contributed by atoms with van der Waals surface area (Å²) in [4.78, 5) is 14.8. The summed E-state index contributed by atoms with van der Waals surface area (Å²) in [5, 5.41) is 6.12. The lowest BCUT2D eigenvalue weighted by Crippen LogP contribution is -2.43. The molecule has 1 saturated heterocycles. The van der Waals surface area contributed by atoms with Crippen LogP contribution in [-0.4, -0.2) is 43.7 Å². The summed E-state index contributed by atoms with van der Waals surface area (Å²) < 4.78 is 5.64. The summed E-state index contributed by atoms with van der Waals surface area (Å²) in [6.45, 7) is 7.05. The zero-order chi connectivity index (χ0) is 16.8. The number of amides is 2. The summed E-state index contributed by atoms with van der Waals surface area (Å²) in [6, 6.07) is 7.89. The van der Waals surface area contributed by atoms with Gasteiger partial charge < -0.3 is 20.3 Å². The number of urea groups is 1. The monoisotopic (exact) mass is 331 g/mol. The summed E-state index contributed by atoms with van der Waals surface area (Å²) in [5.74, 6) is 1.35. The molecule has 2 atom stereocenters. The van der Waals surface area contributed by atoms with Crippen LogP contribution in [0.1, 0.15) is 44.2 Å². The number of nitrogens with one attached hydrogen (secondary N) is 2. The molecule has 2 aliphatic heterocycles. The van der Waals surface area contributed by atoms with Crippen molar-refractivity contribution in [3.63, 3.8) is 0 Å². The van der Waals surface area contributed by atoms with Crippen LogP contribution in [0.3, 0.4) is 0 Å². The Labute approximate surface area is 144 Å². The van der Waals surface area contributed by atoms with Crippen LogP contribution in [0, 0.1) is 5.92 Å². The van der Waals surface area contributed by atoms with Crippen molar-refractivity contribution in [2.75, 3.05) is 32.8 Å². The Morgan fingerprint density at radius 2 is 2.08 bits per heavy atom. The Bertz CT molecular complexity index is 543. The Morgan fingerprint density at radius 3 is 2.92 bits per heavy atom. The lowest BCUT2D eigenvalue weighted by molar-refractivity contribution is 0.195. The number of ether oxygens (including phenoxy) is 1. The second kappa shape index (κ2) is 8.38. The number of para-hydroxylation sites is 1. The van der Waals surface area contributed by atoms with E-state index in [9.17, 15) is 4.79 Å². The zero-order valence-electron chi connectivity index (χ0n) is 14.6. The third kappa shape index (κ3) is 4.63. The van der Waals surface area contributed by atoms with E-state index in [4.69, 9.17) is 4.74 Å². The lowest BCUT2D eigenvalue weighted by atomic mass is 10.0. The molecular weight excluding hydrogens is 302 g/mol. The fraction of sp³-hybridized carbons (Fsp3) is 0.632. The van der Waals surface area contributed by atoms with Gasteiger partial charge >= 0.3 is 6.03 Å². The third-order valence-electron chi connectivity index (χ3n) is 4.89. The van der Waals surface area contributed by atoms with Crippen LogP contribution in [0.15, 0.2) is 24.3 Å². The predicted molar refractivity (Wildman–Crippen MR) is 95.3 cm³/mol. The van der Waals surface area contributed by atoms with Gasteiger partial charge in [-0.15, -0.1) is 0 Å². The molecule has 0 radical (unpaired) electrons. The van der Waals surface area contributed by atoms with Gasteiger partial charge in [0, 0.05) is 25.1 Å². The van der Waals surface area contributed by atoms with Gasteiger partial charge in [0.1, 0.15) is 5.75 Å². The molecule has 2 heterocycles. The van der Waals surface area contributed by atoms with Crippen molar-refractivity contribution >= 4 is 6.03 Å². The zero-order valence-corrected chi connectivity index (χ0v) is 14.6. The van der Waals surface area contributed by atoms with Gasteiger partial charge in [0.25, 0.3) is 0 Å². The molecule has 0 spiro atoms. The third-order valence-corrected chi connectivity index (χ3v) is 4.89. The number of piperidine rings is 1. The van der Waals surface area contributed by atoms with Crippen LogP contribution in [0.2, 0.25) is 0 Å². The topological polar surface area (TPSA) is 53.6 Å². The highest BCUT2D eigenvalue weighted by Gasteiger charge is 2.22. The molecule has 1 fully saturated rings. The van der Waals surface area contributed by atoms with Crippen LogP contribution in [0.25, 0.3) is 0 Å². The minimum absolute atomic E-state index is 0.0346. The lowest BCUT2D eigenvalue weighted by Gasteiger charge is -2.29. The maximum Gasteiger partial charge on any atom is 0.315 e. The molecule has 5 heteroatoms. The first-order valence-electron chi connectivity index (χ1n) is 9.21. The van der Waals surface area contributed by atoms with Gasteiger partial charge in [-0.2, -0.15) is 0 Å². The van der Waals surface area contributed by atoms with E-state index in [1.165, 1.54) is 32.4 Å². The summed E-state index contributed by atoms with van der Waals surface area (Å²) in [5.41, 5.74) is 1.07. The highest BCUT2D eigenvalue weighted by atomic mass is 16.5. The molecule has 0 bridgehead atoms. The standard InChI is InChI=1S/C19H29N3O2/c1-15(14-22-10-5-2-6-11-22)13-20-19(23)21-17-9-12-24-18-8-4-3-7-16(17)18/h3-4,7-8,15,17H,2,5-6,9-14H2,1H3,(H2,20,21,23)/t15-,17-/m0/s1. The molecule has 3 rings (SSSR count). The van der Waals surface area contributed by atoms with Crippen molar-refractivity contribution in [3.8, 4) is 5.75 Å². The second-order valence-corrected chi connectivity index (χ2v) is 7.05. The molecule has 1 aromatic carbocycles. The fourth-order valence-corrected chi connectivity index (χ4v) is 3.62. The fourth-order valence-electron chi connectivity index (χ4n) is 3.62. The van der Waals surface area contributed by atoms with E-state index in [1.807, 2.05) is 24.3 Å². The Balaban J connectivity index is 1.43. The number of hydrogen-bond acceptors (Lipinski definition) is 3. The number of fused-ring (bicyclic) bond motifs is 1. The van der Waals surface area contributed by atoms with E-state index in [2.05, 4.69) is 22.5 Å². The first-order valence-corrected chi connectivity index (χ1v) is 9.21. The number of nitrogens with zero attached hydrogens (tertiary/aromatic N) is 1. The first-order chi connectivity index (χ1) is 11.7. The quantitative estimate of drug-likeness (QED) is 0.872. The minimum atomic E-state index is -0.0813. The molecular formula is C19H29N3O2. The van der Waals surface area contributed by atoms with Gasteiger partial charge in [-0.1, -0.05) is 31.5 Å². The highest BCUT2D eigenvalue weighted by molar-refractivity contribution is 5.74. The molecule has 0 aromatic heterocycles. The van der Waals surface area contributed by atoms with Crippen LogP contribution in [0.4, 0.5) is 4.79 Å². The maximum absolute atomic E-state index is 12.2. The van der Waals surface area contributed by atoms with Gasteiger partial charge in [-0.05, 0) is 37.9 Å². The van der Waals surface area contributed by atoms with E-state index in [0.717, 1.165) is 24.3 Å². The summed E-state index contributed by atoms with van der Waals surface area (Å²) in [7, 11) is 0. The van der Waals surface area contributed by atoms with Crippen LogP contribution >= 0.6 is 0 Å². The molecule has 132 valence electrons. The molecule has 0 unspecified atom stereocenters. The van der Waals surface area contributed by atoms with Crippen molar-refractivity contribution in [1.82, 2.24) is 15.5 Å². The van der Waals surface area contributed by atoms with Crippen molar-refractivity contribution in [3.05, 3.63) is 29.8 Å². The van der Waals surface area contributed by atoms with Gasteiger partial charge in [-0.3, -0.25) is 0 Å². The van der Waals surface area contributed by atoms with Gasteiger partial charge in [0.2, 0.25) is 0 Å². The van der Waals surface area contributed by atoms with E-state index in [-0.39, 0.29) is 12.1 Å². The molecule has 5 nitrogen and oxygen atoms in total. The van der Waals surface area contributed by atoms with E-state index in [0.29, 0.717) is 19.1 Å². The van der Waals surface area contributed by atoms with Crippen LogP contribution in [-0.2, 0) is 0 Å². The van der Waals surface area contributed by atoms with Crippen molar-refractivity contribution in [2.45, 2.75) is 38.6 Å². The maximum atomic E-state index is 12.2.